The molecule has 43 heavy (non-hydrogen) atoms. The van der Waals surface area contributed by atoms with Gasteiger partial charge < -0.3 is 25.0 Å². The number of aliphatic imine (C=N–C) groups is 1. The summed E-state index contributed by atoms with van der Waals surface area (Å²) in [6.45, 7) is 17.0. The van der Waals surface area contributed by atoms with E-state index in [4.69, 9.17) is 21.1 Å². The number of nitrogens with one attached hydrogen (secondary N) is 2. The topological polar surface area (TPSA) is 92.3 Å². The molecule has 0 aliphatic carbocycles. The van der Waals surface area contributed by atoms with Crippen LogP contribution in [-0.4, -0.2) is 68.2 Å². The van der Waals surface area contributed by atoms with Gasteiger partial charge in [-0.25, -0.2) is 4.79 Å². The van der Waals surface area contributed by atoms with Gasteiger partial charge in [-0.15, -0.1) is 6.58 Å². The van der Waals surface area contributed by atoms with Crippen LogP contribution in [0.2, 0.25) is 5.02 Å². The summed E-state index contributed by atoms with van der Waals surface area (Å²) in [7, 11) is 3.23. The molecule has 3 atom stereocenters. The number of carbonyl (C=O) groups is 2. The SMILES string of the molecule is C=C(C)CC(c1ccc(Cl)cc1/C(=C\C)C(/C=C/NC=NC)NC(=O)C(C)(CC)OC)C1CCN(C(=O)OC(C)C)CC1. The summed E-state index contributed by atoms with van der Waals surface area (Å²) in [6, 6.07) is 5.53. The van der Waals surface area contributed by atoms with E-state index >= 15 is 0 Å². The van der Waals surface area contributed by atoms with Crippen molar-refractivity contribution < 1.29 is 19.1 Å². The maximum absolute atomic E-state index is 13.5. The van der Waals surface area contributed by atoms with Crippen LogP contribution in [-0.2, 0) is 14.3 Å². The summed E-state index contributed by atoms with van der Waals surface area (Å²) in [6.07, 6.45) is 9.87. The summed E-state index contributed by atoms with van der Waals surface area (Å²) in [5.41, 5.74) is 3.13. The van der Waals surface area contributed by atoms with Gasteiger partial charge in [0.2, 0.25) is 0 Å². The van der Waals surface area contributed by atoms with Crippen LogP contribution in [0.15, 0.2) is 53.7 Å². The first-order valence-corrected chi connectivity index (χ1v) is 15.5. The fourth-order valence-electron chi connectivity index (χ4n) is 5.46. The Morgan fingerprint density at radius 3 is 2.49 bits per heavy atom. The Bertz CT molecular complexity index is 1180. The highest BCUT2D eigenvalue weighted by Crippen LogP contribution is 2.41. The molecular weight excluding hydrogens is 564 g/mol. The van der Waals surface area contributed by atoms with Crippen molar-refractivity contribution in [1.82, 2.24) is 15.5 Å². The van der Waals surface area contributed by atoms with E-state index in [0.29, 0.717) is 30.5 Å². The zero-order chi connectivity index (χ0) is 32.2. The average molecular weight is 615 g/mol. The molecule has 8 nitrogen and oxygen atoms in total. The molecular formula is C34H51ClN4O4. The van der Waals surface area contributed by atoms with Crippen molar-refractivity contribution in [1.29, 1.82) is 0 Å². The molecule has 9 heteroatoms. The number of hydrogen-bond acceptors (Lipinski definition) is 5. The normalized spacial score (nSPS) is 17.6. The number of carbonyl (C=O) groups excluding carboxylic acids is 2. The lowest BCUT2D eigenvalue weighted by Crippen LogP contribution is -2.49. The number of rotatable bonds is 14. The van der Waals surface area contributed by atoms with Gasteiger partial charge in [-0.1, -0.05) is 36.2 Å². The Morgan fingerprint density at radius 1 is 1.28 bits per heavy atom. The molecule has 1 aliphatic rings. The van der Waals surface area contributed by atoms with Crippen LogP contribution in [0.4, 0.5) is 4.79 Å². The number of nitrogens with zero attached hydrogens (tertiary/aromatic N) is 2. The second-order valence-corrected chi connectivity index (χ2v) is 12.1. The fourth-order valence-corrected chi connectivity index (χ4v) is 5.63. The van der Waals surface area contributed by atoms with Gasteiger partial charge in [0.1, 0.15) is 5.60 Å². The van der Waals surface area contributed by atoms with Gasteiger partial charge in [0.15, 0.2) is 0 Å². The number of ether oxygens (including phenoxy) is 2. The van der Waals surface area contributed by atoms with Crippen molar-refractivity contribution in [2.45, 2.75) is 90.9 Å². The average Bonchev–Trinajstić information content (AvgIpc) is 2.97. The van der Waals surface area contributed by atoms with Gasteiger partial charge in [-0.3, -0.25) is 9.79 Å². The van der Waals surface area contributed by atoms with Crippen molar-refractivity contribution >= 4 is 35.5 Å². The minimum absolute atomic E-state index is 0.147. The molecule has 1 aliphatic heterocycles. The van der Waals surface area contributed by atoms with E-state index in [1.165, 1.54) is 0 Å². The molecule has 2 amide bonds. The van der Waals surface area contributed by atoms with E-state index in [9.17, 15) is 9.59 Å². The highest BCUT2D eigenvalue weighted by molar-refractivity contribution is 6.30. The molecule has 0 radical (unpaired) electrons. The number of amides is 2. The predicted molar refractivity (Wildman–Crippen MR) is 178 cm³/mol. The molecule has 1 fully saturated rings. The van der Waals surface area contributed by atoms with Crippen LogP contribution in [0, 0.1) is 5.92 Å². The summed E-state index contributed by atoms with van der Waals surface area (Å²) >= 11 is 6.63. The van der Waals surface area contributed by atoms with Crippen molar-refractivity contribution in [3.63, 3.8) is 0 Å². The lowest BCUT2D eigenvalue weighted by molar-refractivity contribution is -0.141. The van der Waals surface area contributed by atoms with E-state index in [1.807, 2.05) is 52.0 Å². The smallest absolute Gasteiger partial charge is 0.410 e. The van der Waals surface area contributed by atoms with Crippen LogP contribution >= 0.6 is 11.6 Å². The maximum atomic E-state index is 13.5. The molecule has 2 rings (SSSR count). The predicted octanol–water partition coefficient (Wildman–Crippen LogP) is 7.11. The zero-order valence-electron chi connectivity index (χ0n) is 27.2. The molecule has 1 saturated heterocycles. The summed E-state index contributed by atoms with van der Waals surface area (Å²) in [5, 5.41) is 6.84. The molecule has 3 unspecified atom stereocenters. The third-order valence-corrected chi connectivity index (χ3v) is 8.36. The molecule has 1 aromatic rings. The highest BCUT2D eigenvalue weighted by atomic mass is 35.5. The Balaban J connectivity index is 2.54. The molecule has 0 bridgehead atoms. The first-order valence-electron chi connectivity index (χ1n) is 15.2. The quantitative estimate of drug-likeness (QED) is 0.132. The van der Waals surface area contributed by atoms with Gasteiger partial charge in [-0.2, -0.15) is 0 Å². The minimum Gasteiger partial charge on any atom is -0.447 e. The molecule has 0 saturated carbocycles. The Morgan fingerprint density at radius 2 is 1.95 bits per heavy atom. The van der Waals surface area contributed by atoms with E-state index in [2.05, 4.69) is 35.2 Å². The van der Waals surface area contributed by atoms with Crippen LogP contribution in [0.25, 0.3) is 5.57 Å². The van der Waals surface area contributed by atoms with Crippen LogP contribution in [0.3, 0.4) is 0 Å². The van der Waals surface area contributed by atoms with E-state index < -0.39 is 11.6 Å². The van der Waals surface area contributed by atoms with E-state index in [-0.39, 0.29) is 24.0 Å². The van der Waals surface area contributed by atoms with Gasteiger partial charge >= 0.3 is 6.09 Å². The third-order valence-electron chi connectivity index (χ3n) is 8.12. The van der Waals surface area contributed by atoms with Crippen molar-refractivity contribution in [3.05, 3.63) is 64.9 Å². The second-order valence-electron chi connectivity index (χ2n) is 11.7. The number of benzene rings is 1. The highest BCUT2D eigenvalue weighted by Gasteiger charge is 2.35. The first-order chi connectivity index (χ1) is 20.4. The first kappa shape index (κ1) is 36.1. The standard InChI is InChI=1S/C34H51ClN4O4/c1-10-27(31(14-17-37-22-36-8)38-32(40)34(7,11-2)42-9)30-21-26(35)12-13-28(30)29(20-23(3)4)25-15-18-39(19-16-25)33(41)43-24(5)6/h10,12-14,17,21-22,24-25,29,31H,3,11,15-16,18-20H2,1-2,4-9H3,(H,36,37)(H,38,40)/b17-14+,27-10+. The molecule has 1 heterocycles. The van der Waals surface area contributed by atoms with Crippen molar-refractivity contribution in [2.75, 3.05) is 27.2 Å². The van der Waals surface area contributed by atoms with Gasteiger partial charge in [0.05, 0.1) is 18.5 Å². The zero-order valence-corrected chi connectivity index (χ0v) is 28.0. The van der Waals surface area contributed by atoms with Crippen molar-refractivity contribution in [3.8, 4) is 0 Å². The van der Waals surface area contributed by atoms with Gasteiger partial charge in [-0.05, 0) is 107 Å². The van der Waals surface area contributed by atoms with Gasteiger partial charge in [0.25, 0.3) is 5.91 Å². The van der Waals surface area contributed by atoms with Crippen molar-refractivity contribution in [2.24, 2.45) is 10.9 Å². The molecule has 1 aromatic carbocycles. The molecule has 0 aromatic heterocycles. The number of halogens is 1. The molecule has 2 N–H and O–H groups in total. The van der Waals surface area contributed by atoms with Crippen LogP contribution in [0.5, 0.6) is 0 Å². The Hall–Kier alpha value is -3.10. The largest absolute Gasteiger partial charge is 0.447 e. The lowest BCUT2D eigenvalue weighted by atomic mass is 9.74. The lowest BCUT2D eigenvalue weighted by Gasteiger charge is -2.37. The fraction of sp³-hybridized carbons (Fsp3) is 0.559. The second kappa shape index (κ2) is 17.3. The number of methoxy groups -OCH3 is 1. The summed E-state index contributed by atoms with van der Waals surface area (Å²) in [4.78, 5) is 31.8. The third kappa shape index (κ3) is 10.2. The Labute approximate surface area is 263 Å². The Kier molecular flexibility index (Phi) is 14.5. The number of allylic oxidation sites excluding steroid dienone is 2. The minimum atomic E-state index is -0.979. The summed E-state index contributed by atoms with van der Waals surface area (Å²) in [5.74, 6) is 0.257. The number of piperidine rings is 1. The van der Waals surface area contributed by atoms with Crippen LogP contribution < -0.4 is 10.6 Å². The summed E-state index contributed by atoms with van der Waals surface area (Å²) < 4.78 is 11.0. The van der Waals surface area contributed by atoms with E-state index in [0.717, 1.165) is 41.5 Å². The van der Waals surface area contributed by atoms with Crippen LogP contribution in [0.1, 0.15) is 84.3 Å². The number of likely N-dealkylation sites (tertiary alicyclic amines) is 1. The van der Waals surface area contributed by atoms with Gasteiger partial charge in [0, 0.05) is 38.5 Å². The van der Waals surface area contributed by atoms with E-state index in [1.54, 1.807) is 38.5 Å². The molecule has 238 valence electrons. The molecule has 0 spiro atoms. The number of hydrogen-bond donors (Lipinski definition) is 2. The maximum Gasteiger partial charge on any atom is 0.410 e. The monoisotopic (exact) mass is 614 g/mol.